The number of hydrogen-bond donors (Lipinski definition) is 1. The highest BCUT2D eigenvalue weighted by Gasteiger charge is 2.37. The standard InChI is InChI=1S/C14H17N3O3S.ClH/c18-14-12-3-1-4-13(11(12)5-7-16-14)21(19,20)17-9-2-6-15-8-10-17;/h1,3-5,7,13,15H,2,6,8-10H2;1H. The van der Waals surface area contributed by atoms with Gasteiger partial charge in [-0.05, 0) is 30.7 Å². The van der Waals surface area contributed by atoms with Gasteiger partial charge in [-0.2, -0.15) is 4.31 Å². The lowest BCUT2D eigenvalue weighted by Crippen LogP contribution is -2.42. The number of hydrogen-bond acceptors (Lipinski definition) is 4. The summed E-state index contributed by atoms with van der Waals surface area (Å²) < 4.78 is 27.3. The maximum absolute atomic E-state index is 12.9. The van der Waals surface area contributed by atoms with Crippen LogP contribution in [0, 0.1) is 0 Å². The molecule has 1 fully saturated rings. The number of rotatable bonds is 2. The first-order chi connectivity index (χ1) is 10.1. The first kappa shape index (κ1) is 17.1. The maximum atomic E-state index is 12.9. The van der Waals surface area contributed by atoms with Gasteiger partial charge in [0.2, 0.25) is 10.0 Å². The van der Waals surface area contributed by atoms with Crippen molar-refractivity contribution >= 4 is 34.6 Å². The molecule has 0 aromatic rings. The van der Waals surface area contributed by atoms with Gasteiger partial charge in [0.1, 0.15) is 5.25 Å². The number of carbonyl (C=O) groups excluding carboxylic acids is 1. The minimum atomic E-state index is -3.52. The Kier molecular flexibility index (Phi) is 5.33. The highest BCUT2D eigenvalue weighted by molar-refractivity contribution is 7.90. The number of carbonyl (C=O) groups is 1. The van der Waals surface area contributed by atoms with Crippen molar-refractivity contribution in [1.29, 1.82) is 0 Å². The van der Waals surface area contributed by atoms with Gasteiger partial charge in [-0.1, -0.05) is 12.2 Å². The van der Waals surface area contributed by atoms with Crippen molar-refractivity contribution in [2.75, 3.05) is 26.2 Å². The Morgan fingerprint density at radius 3 is 2.86 bits per heavy atom. The van der Waals surface area contributed by atoms with E-state index in [4.69, 9.17) is 0 Å². The molecule has 0 aromatic heterocycles. The Labute approximate surface area is 136 Å². The molecule has 3 aliphatic rings. The van der Waals surface area contributed by atoms with Crippen LogP contribution in [-0.4, -0.2) is 56.3 Å². The third-order valence-electron chi connectivity index (χ3n) is 3.82. The Balaban J connectivity index is 0.00000176. The number of sulfonamides is 1. The second-order valence-electron chi connectivity index (χ2n) is 5.14. The monoisotopic (exact) mass is 343 g/mol. The van der Waals surface area contributed by atoms with Crippen molar-refractivity contribution in [3.05, 3.63) is 35.5 Å². The number of amides is 1. The van der Waals surface area contributed by atoms with E-state index in [9.17, 15) is 13.2 Å². The highest BCUT2D eigenvalue weighted by Crippen LogP contribution is 2.29. The fourth-order valence-corrected chi connectivity index (χ4v) is 4.60. The molecule has 8 heteroatoms. The molecule has 0 radical (unpaired) electrons. The van der Waals surface area contributed by atoms with E-state index in [0.29, 0.717) is 30.8 Å². The quantitative estimate of drug-likeness (QED) is 0.789. The molecule has 2 heterocycles. The van der Waals surface area contributed by atoms with Gasteiger partial charge in [-0.25, -0.2) is 13.4 Å². The van der Waals surface area contributed by atoms with Crippen LogP contribution in [0.5, 0.6) is 0 Å². The topological polar surface area (TPSA) is 78.8 Å². The summed E-state index contributed by atoms with van der Waals surface area (Å²) in [5.41, 5.74) is 0.899. The van der Waals surface area contributed by atoms with Crippen LogP contribution in [0.15, 0.2) is 40.4 Å². The molecule has 1 N–H and O–H groups in total. The third-order valence-corrected chi connectivity index (χ3v) is 5.96. The van der Waals surface area contributed by atoms with E-state index in [-0.39, 0.29) is 18.3 Å². The molecular formula is C14H18ClN3O3S. The molecule has 0 saturated carbocycles. The zero-order valence-corrected chi connectivity index (χ0v) is 13.6. The predicted octanol–water partition coefficient (Wildman–Crippen LogP) is 0.435. The second kappa shape index (κ2) is 6.87. The third kappa shape index (κ3) is 3.08. The molecule has 6 nitrogen and oxygen atoms in total. The molecule has 1 saturated heterocycles. The Morgan fingerprint density at radius 2 is 2.05 bits per heavy atom. The molecule has 0 bridgehead atoms. The van der Waals surface area contributed by atoms with E-state index in [1.165, 1.54) is 10.5 Å². The van der Waals surface area contributed by atoms with E-state index in [1.807, 2.05) is 0 Å². The van der Waals surface area contributed by atoms with Gasteiger partial charge in [-0.3, -0.25) is 4.79 Å². The van der Waals surface area contributed by atoms with Crippen LogP contribution < -0.4 is 5.32 Å². The average molecular weight is 344 g/mol. The lowest BCUT2D eigenvalue weighted by Gasteiger charge is -2.28. The first-order valence-electron chi connectivity index (χ1n) is 6.98. The van der Waals surface area contributed by atoms with Crippen LogP contribution in [0.3, 0.4) is 0 Å². The molecule has 1 atom stereocenters. The van der Waals surface area contributed by atoms with Gasteiger partial charge in [0.05, 0.1) is 0 Å². The summed E-state index contributed by atoms with van der Waals surface area (Å²) in [5.74, 6) is -0.380. The first-order valence-corrected chi connectivity index (χ1v) is 8.48. The minimum absolute atomic E-state index is 0. The lowest BCUT2D eigenvalue weighted by atomic mass is 9.95. The molecule has 3 rings (SSSR count). The number of allylic oxidation sites excluding steroid dienone is 3. The smallest absolute Gasteiger partial charge is 0.277 e. The van der Waals surface area contributed by atoms with Crippen LogP contribution >= 0.6 is 12.4 Å². The largest absolute Gasteiger partial charge is 0.315 e. The van der Waals surface area contributed by atoms with Crippen molar-refractivity contribution < 1.29 is 13.2 Å². The number of nitrogens with one attached hydrogen (secondary N) is 1. The van der Waals surface area contributed by atoms with Crippen LogP contribution in [0.4, 0.5) is 0 Å². The van der Waals surface area contributed by atoms with Crippen molar-refractivity contribution in [2.24, 2.45) is 4.99 Å². The Hall–Kier alpha value is -1.28. The van der Waals surface area contributed by atoms with Crippen LogP contribution in [0.1, 0.15) is 6.42 Å². The fourth-order valence-electron chi connectivity index (χ4n) is 2.74. The summed E-state index contributed by atoms with van der Waals surface area (Å²) in [6.45, 7) is 2.44. The van der Waals surface area contributed by atoms with Crippen LogP contribution in [0.2, 0.25) is 0 Å². The molecule has 0 spiro atoms. The van der Waals surface area contributed by atoms with E-state index in [2.05, 4.69) is 10.3 Å². The zero-order chi connectivity index (χ0) is 14.9. The molecule has 1 aliphatic carbocycles. The number of fused-ring (bicyclic) bond motifs is 1. The molecule has 22 heavy (non-hydrogen) atoms. The molecule has 2 aliphatic heterocycles. The van der Waals surface area contributed by atoms with Gasteiger partial charge in [0.15, 0.2) is 0 Å². The van der Waals surface area contributed by atoms with Gasteiger partial charge in [-0.15, -0.1) is 12.4 Å². The predicted molar refractivity (Wildman–Crippen MR) is 87.8 cm³/mol. The van der Waals surface area contributed by atoms with E-state index in [1.54, 1.807) is 24.3 Å². The number of nitrogens with zero attached hydrogens (tertiary/aromatic N) is 2. The minimum Gasteiger partial charge on any atom is -0.315 e. The van der Waals surface area contributed by atoms with Crippen molar-refractivity contribution in [3.63, 3.8) is 0 Å². The lowest BCUT2D eigenvalue weighted by molar-refractivity contribution is -0.114. The van der Waals surface area contributed by atoms with Crippen LogP contribution in [-0.2, 0) is 14.8 Å². The van der Waals surface area contributed by atoms with Gasteiger partial charge < -0.3 is 5.32 Å². The van der Waals surface area contributed by atoms with Crippen molar-refractivity contribution in [3.8, 4) is 0 Å². The second-order valence-corrected chi connectivity index (χ2v) is 7.19. The Bertz CT molecular complexity index is 671. The molecule has 1 unspecified atom stereocenters. The van der Waals surface area contributed by atoms with Gasteiger partial charge >= 0.3 is 0 Å². The number of halogens is 1. The zero-order valence-electron chi connectivity index (χ0n) is 11.9. The van der Waals surface area contributed by atoms with Crippen molar-refractivity contribution in [2.45, 2.75) is 11.7 Å². The summed E-state index contributed by atoms with van der Waals surface area (Å²) in [5, 5.41) is 2.39. The molecule has 1 amide bonds. The van der Waals surface area contributed by atoms with E-state index < -0.39 is 15.3 Å². The summed E-state index contributed by atoms with van der Waals surface area (Å²) >= 11 is 0. The van der Waals surface area contributed by atoms with Crippen LogP contribution in [0.25, 0.3) is 0 Å². The number of aliphatic imine (C=N–C) groups is 1. The fraction of sp³-hybridized carbons (Fsp3) is 0.429. The summed E-state index contributed by atoms with van der Waals surface area (Å²) in [7, 11) is -3.52. The normalized spacial score (nSPS) is 25.6. The van der Waals surface area contributed by atoms with Gasteiger partial charge in [0, 0.05) is 31.4 Å². The van der Waals surface area contributed by atoms with Gasteiger partial charge in [0.25, 0.3) is 5.91 Å². The maximum Gasteiger partial charge on any atom is 0.277 e. The van der Waals surface area contributed by atoms with Crippen molar-refractivity contribution in [1.82, 2.24) is 9.62 Å². The molecule has 120 valence electrons. The SMILES string of the molecule is Cl.O=C1N=CC=C2C1=CC=CC2S(=O)(=O)N1CCCNCC1. The Morgan fingerprint density at radius 1 is 1.23 bits per heavy atom. The summed E-state index contributed by atoms with van der Waals surface area (Å²) in [4.78, 5) is 15.5. The molecular weight excluding hydrogens is 326 g/mol. The molecule has 0 aromatic carbocycles. The average Bonchev–Trinajstić information content (AvgIpc) is 2.77. The summed E-state index contributed by atoms with van der Waals surface area (Å²) in [6, 6.07) is 0. The number of dihydropyridines is 1. The van der Waals surface area contributed by atoms with E-state index >= 15 is 0 Å². The van der Waals surface area contributed by atoms with E-state index in [0.717, 1.165) is 13.0 Å². The highest BCUT2D eigenvalue weighted by atomic mass is 35.5. The summed E-state index contributed by atoms with van der Waals surface area (Å²) in [6.07, 6.45) is 8.67.